The van der Waals surface area contributed by atoms with Gasteiger partial charge in [-0.25, -0.2) is 9.97 Å². The number of nitrogens with zero attached hydrogens (tertiary/aromatic N) is 2. The van der Waals surface area contributed by atoms with Crippen molar-refractivity contribution in [2.45, 2.75) is 53.1 Å². The van der Waals surface area contributed by atoms with Gasteiger partial charge in [0.2, 0.25) is 0 Å². The molecule has 1 heterocycles. The van der Waals surface area contributed by atoms with E-state index in [9.17, 15) is 0 Å². The molecule has 0 fully saturated rings. The molecule has 4 heteroatoms. The second-order valence-corrected chi connectivity index (χ2v) is 6.24. The Hall–Kier alpha value is -1.00. The molecule has 2 atom stereocenters. The van der Waals surface area contributed by atoms with Crippen LogP contribution in [-0.2, 0) is 17.6 Å². The molecule has 21 heavy (non-hydrogen) atoms. The molecule has 0 aliphatic heterocycles. The molecule has 1 aromatic heterocycles. The molecule has 1 N–H and O–H groups in total. The Labute approximate surface area is 128 Å². The van der Waals surface area contributed by atoms with Crippen molar-refractivity contribution in [1.82, 2.24) is 15.3 Å². The van der Waals surface area contributed by atoms with Crippen molar-refractivity contribution in [3.63, 3.8) is 0 Å². The van der Waals surface area contributed by atoms with Gasteiger partial charge in [-0.1, -0.05) is 20.8 Å². The van der Waals surface area contributed by atoms with Crippen molar-refractivity contribution in [3.05, 3.63) is 23.3 Å². The highest BCUT2D eigenvalue weighted by molar-refractivity contribution is 5.22. The minimum absolute atomic E-state index is 0.0137. The van der Waals surface area contributed by atoms with Crippen LogP contribution in [0.25, 0.3) is 0 Å². The molecular formula is C17H29N3O. The number of aryl methyl sites for hydroxylation is 1. The quantitative estimate of drug-likeness (QED) is 0.839. The number of rotatable bonds is 7. The van der Waals surface area contributed by atoms with Crippen LogP contribution in [0.3, 0.4) is 0 Å². The molecule has 2 rings (SSSR count). The first kappa shape index (κ1) is 16.4. The van der Waals surface area contributed by atoms with E-state index in [1.807, 2.05) is 13.1 Å². The van der Waals surface area contributed by atoms with Gasteiger partial charge in [0, 0.05) is 18.5 Å². The van der Waals surface area contributed by atoms with Gasteiger partial charge in [-0.15, -0.1) is 0 Å². The van der Waals surface area contributed by atoms with Gasteiger partial charge >= 0.3 is 0 Å². The fraction of sp³-hybridized carbons (Fsp3) is 0.765. The lowest BCUT2D eigenvalue weighted by Gasteiger charge is -2.26. The van der Waals surface area contributed by atoms with E-state index >= 15 is 0 Å². The molecule has 1 aromatic rings. The summed E-state index contributed by atoms with van der Waals surface area (Å²) in [7, 11) is 0. The van der Waals surface area contributed by atoms with Gasteiger partial charge in [-0.3, -0.25) is 0 Å². The van der Waals surface area contributed by atoms with Gasteiger partial charge in [0.25, 0.3) is 0 Å². The summed E-state index contributed by atoms with van der Waals surface area (Å²) in [6, 6.07) is 0. The molecule has 118 valence electrons. The van der Waals surface area contributed by atoms with Crippen molar-refractivity contribution >= 4 is 0 Å². The fourth-order valence-corrected chi connectivity index (χ4v) is 3.00. The van der Waals surface area contributed by atoms with E-state index in [0.29, 0.717) is 12.5 Å². The highest BCUT2D eigenvalue weighted by Crippen LogP contribution is 2.27. The Morgan fingerprint density at radius 3 is 2.86 bits per heavy atom. The minimum atomic E-state index is 0.0137. The number of ether oxygens (including phenoxy) is 1. The predicted molar refractivity (Wildman–Crippen MR) is 85.3 cm³/mol. The number of hydrogen-bond donors (Lipinski definition) is 1. The highest BCUT2D eigenvalue weighted by atomic mass is 16.5. The summed E-state index contributed by atoms with van der Waals surface area (Å²) >= 11 is 0. The van der Waals surface area contributed by atoms with Crippen LogP contribution in [0.1, 0.15) is 57.3 Å². The van der Waals surface area contributed by atoms with Crippen LogP contribution >= 0.6 is 0 Å². The lowest BCUT2D eigenvalue weighted by molar-refractivity contribution is 0.0229. The van der Waals surface area contributed by atoms with Crippen molar-refractivity contribution < 1.29 is 4.74 Å². The van der Waals surface area contributed by atoms with Crippen LogP contribution < -0.4 is 5.32 Å². The SMILES string of the molecule is CCNCC1CCc2nc(C(OCC)C(C)C)ncc2C1. The monoisotopic (exact) mass is 291 g/mol. The summed E-state index contributed by atoms with van der Waals surface area (Å²) in [6.07, 6.45) is 5.43. The van der Waals surface area contributed by atoms with Gasteiger partial charge in [0.15, 0.2) is 5.82 Å². The Morgan fingerprint density at radius 2 is 2.19 bits per heavy atom. The first-order valence-corrected chi connectivity index (χ1v) is 8.32. The predicted octanol–water partition coefficient (Wildman–Crippen LogP) is 2.92. The summed E-state index contributed by atoms with van der Waals surface area (Å²) in [6.45, 7) is 11.4. The fourth-order valence-electron chi connectivity index (χ4n) is 3.00. The molecule has 0 saturated heterocycles. The van der Waals surface area contributed by atoms with Crippen LogP contribution in [0, 0.1) is 11.8 Å². The lowest BCUT2D eigenvalue weighted by Crippen LogP contribution is -2.28. The molecule has 0 saturated carbocycles. The molecule has 0 radical (unpaired) electrons. The maximum atomic E-state index is 5.82. The summed E-state index contributed by atoms with van der Waals surface area (Å²) < 4.78 is 5.82. The summed E-state index contributed by atoms with van der Waals surface area (Å²) in [5, 5.41) is 3.45. The average Bonchev–Trinajstić information content (AvgIpc) is 2.49. The first-order chi connectivity index (χ1) is 10.2. The third-order valence-corrected chi connectivity index (χ3v) is 4.16. The lowest BCUT2D eigenvalue weighted by atomic mass is 9.87. The zero-order valence-electron chi connectivity index (χ0n) is 13.9. The van der Waals surface area contributed by atoms with E-state index in [1.54, 1.807) is 0 Å². The highest BCUT2D eigenvalue weighted by Gasteiger charge is 2.24. The van der Waals surface area contributed by atoms with Crippen LogP contribution in [0.4, 0.5) is 0 Å². The molecular weight excluding hydrogens is 262 g/mol. The minimum Gasteiger partial charge on any atom is -0.370 e. The van der Waals surface area contributed by atoms with E-state index in [-0.39, 0.29) is 6.10 Å². The maximum Gasteiger partial charge on any atom is 0.157 e. The van der Waals surface area contributed by atoms with Crippen LogP contribution in [0.15, 0.2) is 6.20 Å². The molecule has 1 aliphatic rings. The van der Waals surface area contributed by atoms with E-state index in [0.717, 1.165) is 37.7 Å². The second-order valence-electron chi connectivity index (χ2n) is 6.24. The molecule has 2 unspecified atom stereocenters. The van der Waals surface area contributed by atoms with E-state index < -0.39 is 0 Å². The molecule has 0 bridgehead atoms. The second kappa shape index (κ2) is 7.85. The number of aromatic nitrogens is 2. The smallest absolute Gasteiger partial charge is 0.157 e. The van der Waals surface area contributed by atoms with E-state index in [4.69, 9.17) is 9.72 Å². The van der Waals surface area contributed by atoms with Crippen molar-refractivity contribution in [3.8, 4) is 0 Å². The molecule has 0 amide bonds. The standard InChI is InChI=1S/C17H29N3O/c1-5-18-10-13-7-8-15-14(9-13)11-19-17(20-15)16(12(3)4)21-6-2/h11-13,16,18H,5-10H2,1-4H3. The Kier molecular flexibility index (Phi) is 6.12. The van der Waals surface area contributed by atoms with Crippen LogP contribution in [0.5, 0.6) is 0 Å². The largest absolute Gasteiger partial charge is 0.370 e. The molecule has 0 spiro atoms. The topological polar surface area (TPSA) is 47.0 Å². The maximum absolute atomic E-state index is 5.82. The number of nitrogens with one attached hydrogen (secondary N) is 1. The van der Waals surface area contributed by atoms with Gasteiger partial charge in [-0.2, -0.15) is 0 Å². The third kappa shape index (κ3) is 4.24. The Bertz CT molecular complexity index is 448. The number of hydrogen-bond acceptors (Lipinski definition) is 4. The zero-order valence-corrected chi connectivity index (χ0v) is 13.9. The third-order valence-electron chi connectivity index (χ3n) is 4.16. The van der Waals surface area contributed by atoms with Crippen molar-refractivity contribution in [1.29, 1.82) is 0 Å². The molecule has 1 aliphatic carbocycles. The summed E-state index contributed by atoms with van der Waals surface area (Å²) in [4.78, 5) is 9.40. The van der Waals surface area contributed by atoms with Crippen LogP contribution in [0.2, 0.25) is 0 Å². The van der Waals surface area contributed by atoms with E-state index in [2.05, 4.69) is 31.1 Å². The summed E-state index contributed by atoms with van der Waals surface area (Å²) in [5.74, 6) is 1.98. The van der Waals surface area contributed by atoms with Crippen molar-refractivity contribution in [2.75, 3.05) is 19.7 Å². The van der Waals surface area contributed by atoms with Gasteiger partial charge in [0.05, 0.1) is 0 Å². The zero-order chi connectivity index (χ0) is 15.2. The van der Waals surface area contributed by atoms with Gasteiger partial charge in [0.1, 0.15) is 6.10 Å². The number of fused-ring (bicyclic) bond motifs is 1. The van der Waals surface area contributed by atoms with Gasteiger partial charge < -0.3 is 10.1 Å². The van der Waals surface area contributed by atoms with E-state index in [1.165, 1.54) is 17.7 Å². The normalized spacial score (nSPS) is 19.6. The Morgan fingerprint density at radius 1 is 1.38 bits per heavy atom. The van der Waals surface area contributed by atoms with Gasteiger partial charge in [-0.05, 0) is 56.7 Å². The average molecular weight is 291 g/mol. The molecule has 4 nitrogen and oxygen atoms in total. The van der Waals surface area contributed by atoms with Crippen LogP contribution in [-0.4, -0.2) is 29.7 Å². The summed E-state index contributed by atoms with van der Waals surface area (Å²) in [5.41, 5.74) is 2.56. The molecule has 0 aromatic carbocycles. The Balaban J connectivity index is 2.10. The van der Waals surface area contributed by atoms with Crippen molar-refractivity contribution in [2.24, 2.45) is 11.8 Å². The first-order valence-electron chi connectivity index (χ1n) is 8.32.